The van der Waals surface area contributed by atoms with Crippen LogP contribution in [0.1, 0.15) is 10.4 Å². The first-order valence-corrected chi connectivity index (χ1v) is 5.07. The van der Waals surface area contributed by atoms with Gasteiger partial charge in [0.05, 0.1) is 6.54 Å². The van der Waals surface area contributed by atoms with E-state index in [1.807, 2.05) is 0 Å². The Morgan fingerprint density at radius 2 is 2.35 bits per heavy atom. The lowest BCUT2D eigenvalue weighted by atomic mass is 10.2. The molecule has 0 aromatic carbocycles. The number of aliphatic carboxylic acids is 1. The van der Waals surface area contributed by atoms with Gasteiger partial charge < -0.3 is 15.2 Å². The molecule has 2 N–H and O–H groups in total. The maximum atomic E-state index is 11.6. The molecule has 1 aromatic rings. The molecule has 0 aliphatic heterocycles. The number of carboxylic acids is 1. The summed E-state index contributed by atoms with van der Waals surface area (Å²) < 4.78 is 4.67. The van der Waals surface area contributed by atoms with Gasteiger partial charge in [0.1, 0.15) is 5.15 Å². The number of pyridine rings is 1. The molecule has 0 aliphatic rings. The van der Waals surface area contributed by atoms with E-state index in [9.17, 15) is 9.59 Å². The largest absolute Gasteiger partial charge is 0.479 e. The van der Waals surface area contributed by atoms with Gasteiger partial charge in [-0.1, -0.05) is 11.6 Å². The van der Waals surface area contributed by atoms with Crippen LogP contribution in [0.4, 0.5) is 0 Å². The summed E-state index contributed by atoms with van der Waals surface area (Å²) in [4.78, 5) is 25.9. The third kappa shape index (κ3) is 4.01. The van der Waals surface area contributed by atoms with Crippen LogP contribution in [0.15, 0.2) is 18.3 Å². The van der Waals surface area contributed by atoms with E-state index in [2.05, 4.69) is 15.0 Å². The standard InChI is InChI=1S/C10H11ClN2O4/c1-17-7(10(15)16)5-13-9(14)6-2-3-12-8(11)4-6/h2-4,7H,5H2,1H3,(H,13,14)(H,15,16). The van der Waals surface area contributed by atoms with Crippen LogP contribution in [0.3, 0.4) is 0 Å². The highest BCUT2D eigenvalue weighted by molar-refractivity contribution is 6.29. The summed E-state index contributed by atoms with van der Waals surface area (Å²) in [6.07, 6.45) is 0.318. The topological polar surface area (TPSA) is 88.5 Å². The van der Waals surface area contributed by atoms with E-state index in [1.54, 1.807) is 0 Å². The van der Waals surface area contributed by atoms with Gasteiger partial charge in [0.25, 0.3) is 5.91 Å². The Morgan fingerprint density at radius 3 is 2.88 bits per heavy atom. The second kappa shape index (κ2) is 6.17. The van der Waals surface area contributed by atoms with Crippen molar-refractivity contribution in [1.82, 2.24) is 10.3 Å². The summed E-state index contributed by atoms with van der Waals surface area (Å²) in [7, 11) is 1.26. The van der Waals surface area contributed by atoms with Crippen molar-refractivity contribution in [3.05, 3.63) is 29.0 Å². The molecule has 0 fully saturated rings. The molecule has 1 aromatic heterocycles. The van der Waals surface area contributed by atoms with E-state index in [-0.39, 0.29) is 11.7 Å². The Morgan fingerprint density at radius 1 is 1.65 bits per heavy atom. The number of ether oxygens (including phenoxy) is 1. The zero-order valence-electron chi connectivity index (χ0n) is 9.01. The highest BCUT2D eigenvalue weighted by atomic mass is 35.5. The maximum absolute atomic E-state index is 11.6. The third-order valence-corrected chi connectivity index (χ3v) is 2.20. The molecular formula is C10H11ClN2O4. The van der Waals surface area contributed by atoms with Crippen molar-refractivity contribution in [2.45, 2.75) is 6.10 Å². The van der Waals surface area contributed by atoms with Gasteiger partial charge in [-0.05, 0) is 12.1 Å². The molecule has 0 aliphatic carbocycles. The van der Waals surface area contributed by atoms with Crippen LogP contribution in [0.5, 0.6) is 0 Å². The van der Waals surface area contributed by atoms with Gasteiger partial charge >= 0.3 is 5.97 Å². The first-order chi connectivity index (χ1) is 8.04. The molecule has 1 atom stereocenters. The number of methoxy groups -OCH3 is 1. The first kappa shape index (κ1) is 13.4. The van der Waals surface area contributed by atoms with Crippen LogP contribution in [0.25, 0.3) is 0 Å². The van der Waals surface area contributed by atoms with Crippen LogP contribution in [-0.2, 0) is 9.53 Å². The molecule has 1 unspecified atom stereocenters. The lowest BCUT2D eigenvalue weighted by molar-refractivity contribution is -0.148. The van der Waals surface area contributed by atoms with Crippen LogP contribution in [0.2, 0.25) is 5.15 Å². The van der Waals surface area contributed by atoms with Crippen LogP contribution in [0, 0.1) is 0 Å². The summed E-state index contributed by atoms with van der Waals surface area (Å²) in [5.74, 6) is -1.57. The molecule has 17 heavy (non-hydrogen) atoms. The predicted octanol–water partition coefficient (Wildman–Crippen LogP) is 0.564. The van der Waals surface area contributed by atoms with Crippen LogP contribution in [-0.4, -0.2) is 41.7 Å². The number of rotatable bonds is 5. The zero-order valence-corrected chi connectivity index (χ0v) is 9.77. The molecule has 0 saturated carbocycles. The van der Waals surface area contributed by atoms with E-state index < -0.39 is 18.0 Å². The van der Waals surface area contributed by atoms with Gasteiger partial charge in [0.15, 0.2) is 6.10 Å². The normalized spacial score (nSPS) is 11.9. The maximum Gasteiger partial charge on any atom is 0.334 e. The van der Waals surface area contributed by atoms with Gasteiger partial charge in [0, 0.05) is 18.9 Å². The lowest BCUT2D eigenvalue weighted by Gasteiger charge is -2.11. The quantitative estimate of drug-likeness (QED) is 0.754. The fraction of sp³-hybridized carbons (Fsp3) is 0.300. The number of halogens is 1. The molecule has 7 heteroatoms. The van der Waals surface area contributed by atoms with Crippen molar-refractivity contribution in [2.24, 2.45) is 0 Å². The van der Waals surface area contributed by atoms with Gasteiger partial charge in [-0.25, -0.2) is 9.78 Å². The molecule has 92 valence electrons. The Bertz CT molecular complexity index is 425. The first-order valence-electron chi connectivity index (χ1n) is 4.70. The zero-order chi connectivity index (χ0) is 12.8. The molecule has 1 heterocycles. The predicted molar refractivity (Wildman–Crippen MR) is 60.0 cm³/mol. The molecule has 0 spiro atoms. The lowest BCUT2D eigenvalue weighted by Crippen LogP contribution is -2.37. The van der Waals surface area contributed by atoms with E-state index in [4.69, 9.17) is 16.7 Å². The number of carboxylic acid groups (broad SMARTS) is 1. The summed E-state index contributed by atoms with van der Waals surface area (Å²) in [5, 5.41) is 11.3. The smallest absolute Gasteiger partial charge is 0.334 e. The number of aromatic nitrogens is 1. The van der Waals surface area contributed by atoms with Crippen molar-refractivity contribution in [1.29, 1.82) is 0 Å². The van der Waals surface area contributed by atoms with E-state index in [1.165, 1.54) is 25.4 Å². The van der Waals surface area contributed by atoms with Crippen molar-refractivity contribution < 1.29 is 19.4 Å². The van der Waals surface area contributed by atoms with Crippen molar-refractivity contribution >= 4 is 23.5 Å². The molecule has 1 amide bonds. The Labute approximate surface area is 103 Å². The van der Waals surface area contributed by atoms with E-state index in [0.29, 0.717) is 5.56 Å². The number of hydrogen-bond acceptors (Lipinski definition) is 4. The van der Waals surface area contributed by atoms with Gasteiger partial charge in [-0.3, -0.25) is 4.79 Å². The Balaban J connectivity index is 2.58. The summed E-state index contributed by atoms with van der Waals surface area (Å²) >= 11 is 5.62. The van der Waals surface area contributed by atoms with Gasteiger partial charge in [-0.2, -0.15) is 0 Å². The molecule has 0 bridgehead atoms. The summed E-state index contributed by atoms with van der Waals surface area (Å²) in [5.41, 5.74) is 0.310. The third-order valence-electron chi connectivity index (χ3n) is 2.00. The highest BCUT2D eigenvalue weighted by Gasteiger charge is 2.17. The van der Waals surface area contributed by atoms with Crippen LogP contribution >= 0.6 is 11.6 Å². The minimum absolute atomic E-state index is 0.120. The number of carbonyl (C=O) groups excluding carboxylic acids is 1. The SMILES string of the molecule is COC(CNC(=O)c1ccnc(Cl)c1)C(=O)O. The average Bonchev–Trinajstić information content (AvgIpc) is 2.29. The van der Waals surface area contributed by atoms with Crippen molar-refractivity contribution in [2.75, 3.05) is 13.7 Å². The number of nitrogens with one attached hydrogen (secondary N) is 1. The van der Waals surface area contributed by atoms with Gasteiger partial charge in [0.2, 0.25) is 0 Å². The van der Waals surface area contributed by atoms with Crippen molar-refractivity contribution in [3.63, 3.8) is 0 Å². The highest BCUT2D eigenvalue weighted by Crippen LogP contribution is 2.06. The van der Waals surface area contributed by atoms with E-state index in [0.717, 1.165) is 0 Å². The number of carbonyl (C=O) groups is 2. The number of nitrogens with zero attached hydrogens (tertiary/aromatic N) is 1. The fourth-order valence-corrected chi connectivity index (χ4v) is 1.28. The minimum Gasteiger partial charge on any atom is -0.479 e. The summed E-state index contributed by atoms with van der Waals surface area (Å²) in [6.45, 7) is -0.120. The van der Waals surface area contributed by atoms with Gasteiger partial charge in [-0.15, -0.1) is 0 Å². The minimum atomic E-state index is -1.14. The molecule has 0 radical (unpaired) electrons. The second-order valence-electron chi connectivity index (χ2n) is 3.14. The van der Waals surface area contributed by atoms with Crippen molar-refractivity contribution in [3.8, 4) is 0 Å². The Hall–Kier alpha value is -1.66. The molecular weight excluding hydrogens is 248 g/mol. The number of hydrogen-bond donors (Lipinski definition) is 2. The second-order valence-corrected chi connectivity index (χ2v) is 3.53. The van der Waals surface area contributed by atoms with E-state index >= 15 is 0 Å². The summed E-state index contributed by atoms with van der Waals surface area (Å²) in [6, 6.07) is 2.86. The number of amides is 1. The molecule has 6 nitrogen and oxygen atoms in total. The molecule has 1 rings (SSSR count). The van der Waals surface area contributed by atoms with Crippen LogP contribution < -0.4 is 5.32 Å². The fourth-order valence-electron chi connectivity index (χ4n) is 1.10. The molecule has 0 saturated heterocycles. The monoisotopic (exact) mass is 258 g/mol. The average molecular weight is 259 g/mol. The Kier molecular flexibility index (Phi) is 4.86.